The molecule has 2 aromatic rings. The van der Waals surface area contributed by atoms with E-state index in [0.717, 1.165) is 0 Å². The number of sulfonamides is 2. The molecule has 0 atom stereocenters. The van der Waals surface area contributed by atoms with Crippen molar-refractivity contribution < 1.29 is 64.3 Å². The second-order valence-electron chi connectivity index (χ2n) is 4.97. The van der Waals surface area contributed by atoms with E-state index in [1.807, 2.05) is 0 Å². The predicted molar refractivity (Wildman–Crippen MR) is 70.5 cm³/mol. The maximum atomic E-state index is 13.6. The molecule has 30 heavy (non-hydrogen) atoms. The highest BCUT2D eigenvalue weighted by Gasteiger charge is 2.54. The molecule has 0 aliphatic carbocycles. The minimum absolute atomic E-state index is 2.57. The summed E-state index contributed by atoms with van der Waals surface area (Å²) >= 11 is 0. The Morgan fingerprint density at radius 3 is 0.767 bits per heavy atom. The van der Waals surface area contributed by atoms with Gasteiger partial charge in [0.1, 0.15) is 0 Å². The fourth-order valence-corrected chi connectivity index (χ4v) is 4.94. The van der Waals surface area contributed by atoms with Crippen LogP contribution in [-0.2, 0) is 20.0 Å². The molecule has 2 rings (SSSR count). The molecule has 0 unspecified atom stereocenters. The standard InChI is InChI=1S/C12F10NO5S2/c13-1-3(15)7(19)11(8(20)4(1)16)29(25,26)23(24)30(27,28)12-9(21)5(17)2(14)6(18)10(12)22/q+1. The molecular weight excluding hydrogens is 492 g/mol. The van der Waals surface area contributed by atoms with Gasteiger partial charge in [-0.05, 0) is 0 Å². The molecule has 0 saturated heterocycles. The first-order valence-corrected chi connectivity index (χ1v) is 9.39. The van der Waals surface area contributed by atoms with Crippen LogP contribution in [0.3, 0.4) is 0 Å². The molecule has 0 saturated carbocycles. The van der Waals surface area contributed by atoms with Crippen LogP contribution >= 0.6 is 0 Å². The Kier molecular flexibility index (Phi) is 5.63. The van der Waals surface area contributed by atoms with Gasteiger partial charge in [-0.2, -0.15) is 16.8 Å². The molecule has 18 heteroatoms. The molecule has 0 aromatic heterocycles. The first kappa shape index (κ1) is 23.5. The van der Waals surface area contributed by atoms with Gasteiger partial charge >= 0.3 is 20.0 Å². The van der Waals surface area contributed by atoms with Gasteiger partial charge in [-0.1, -0.05) is 0 Å². The number of benzene rings is 2. The normalized spacial score (nSPS) is 12.3. The van der Waals surface area contributed by atoms with E-state index in [4.69, 9.17) is 0 Å². The lowest BCUT2D eigenvalue weighted by Gasteiger charge is -2.06. The molecule has 164 valence electrons. The molecule has 2 aromatic carbocycles. The summed E-state index contributed by atoms with van der Waals surface area (Å²) in [5.41, 5.74) is 0. The lowest BCUT2D eigenvalue weighted by atomic mass is 10.3. The lowest BCUT2D eigenvalue weighted by molar-refractivity contribution is -0.205. The molecule has 0 heterocycles. The second-order valence-corrected chi connectivity index (χ2v) is 8.58. The first-order valence-electron chi connectivity index (χ1n) is 6.51. The summed E-state index contributed by atoms with van der Waals surface area (Å²) in [4.78, 5) is 5.57. The number of halogens is 10. The van der Waals surface area contributed by atoms with Gasteiger partial charge in [0.25, 0.3) is 3.57 Å². The van der Waals surface area contributed by atoms with Gasteiger partial charge in [0.2, 0.25) is 21.4 Å². The number of nitrogens with zero attached hydrogens (tertiary/aromatic N) is 1. The fraction of sp³-hybridized carbons (Fsp3) is 0. The van der Waals surface area contributed by atoms with Gasteiger partial charge in [0.15, 0.2) is 46.5 Å². The summed E-state index contributed by atoms with van der Waals surface area (Å²) in [5, 5.41) is 0. The third-order valence-corrected chi connectivity index (χ3v) is 6.96. The van der Waals surface area contributed by atoms with E-state index in [9.17, 15) is 65.6 Å². The minimum atomic E-state index is -6.92. The monoisotopic (exact) mass is 492 g/mol. The van der Waals surface area contributed by atoms with Crippen molar-refractivity contribution in [2.75, 3.05) is 0 Å². The van der Waals surface area contributed by atoms with Crippen LogP contribution in [0, 0.1) is 63.1 Å². The van der Waals surface area contributed by atoms with Crippen molar-refractivity contribution >= 4 is 20.0 Å². The van der Waals surface area contributed by atoms with Crippen LogP contribution in [0.4, 0.5) is 43.9 Å². The van der Waals surface area contributed by atoms with E-state index in [1.165, 1.54) is 0 Å². The Labute approximate surface area is 158 Å². The van der Waals surface area contributed by atoms with E-state index >= 15 is 0 Å². The Bertz CT molecular complexity index is 1180. The van der Waals surface area contributed by atoms with Gasteiger partial charge < -0.3 is 0 Å². The zero-order valence-electron chi connectivity index (χ0n) is 13.1. The van der Waals surface area contributed by atoms with E-state index in [1.54, 1.807) is 0 Å². The highest BCUT2D eigenvalue weighted by molar-refractivity contribution is 7.97. The summed E-state index contributed by atoms with van der Waals surface area (Å²) in [7, 11) is -13.8. The molecule has 0 spiro atoms. The van der Waals surface area contributed by atoms with Gasteiger partial charge in [-0.3, -0.25) is 0 Å². The molecule has 0 N–H and O–H groups in total. The van der Waals surface area contributed by atoms with Crippen LogP contribution in [-0.4, -0.2) is 20.4 Å². The quantitative estimate of drug-likeness (QED) is 0.284. The number of hydrogen-bond acceptors (Lipinski definition) is 5. The third-order valence-electron chi connectivity index (χ3n) is 3.25. The SMILES string of the molecule is O=[N+](S(=O)(=O)c1c(F)c(F)c(F)c(F)c1F)S(=O)(=O)c1c(F)c(F)c(F)c(F)c1F. The van der Waals surface area contributed by atoms with Crippen LogP contribution < -0.4 is 0 Å². The third kappa shape index (κ3) is 3.09. The summed E-state index contributed by atoms with van der Waals surface area (Å²) in [6, 6.07) is 0. The number of hydrogen-bond donors (Lipinski definition) is 0. The first-order chi connectivity index (χ1) is 13.5. The van der Waals surface area contributed by atoms with Crippen LogP contribution in [0.5, 0.6) is 0 Å². The van der Waals surface area contributed by atoms with Gasteiger partial charge in [-0.15, -0.1) is 0 Å². The van der Waals surface area contributed by atoms with Crippen molar-refractivity contribution in [1.29, 1.82) is 0 Å². The molecule has 0 bridgehead atoms. The minimum Gasteiger partial charge on any atom is -0.202 e. The van der Waals surface area contributed by atoms with Crippen LogP contribution in [0.1, 0.15) is 0 Å². The van der Waals surface area contributed by atoms with Gasteiger partial charge in [0, 0.05) is 0 Å². The number of rotatable bonds is 4. The zero-order chi connectivity index (χ0) is 23.5. The molecule has 0 amide bonds. The molecular formula is C12F10NO5S2+. The van der Waals surface area contributed by atoms with Crippen molar-refractivity contribution in [3.63, 3.8) is 0 Å². The fourth-order valence-electron chi connectivity index (χ4n) is 1.90. The van der Waals surface area contributed by atoms with Crippen molar-refractivity contribution in [3.05, 3.63) is 63.1 Å². The van der Waals surface area contributed by atoms with Crippen molar-refractivity contribution in [1.82, 2.24) is 0 Å². The average Bonchev–Trinajstić information content (AvgIpc) is 2.66. The lowest BCUT2D eigenvalue weighted by Crippen LogP contribution is -2.30. The largest absolute Gasteiger partial charge is 0.462 e. The molecule has 6 nitrogen and oxygen atoms in total. The summed E-state index contributed by atoms with van der Waals surface area (Å²) < 4.78 is 178. The summed E-state index contributed by atoms with van der Waals surface area (Å²) in [6.45, 7) is 0. The number of nitroso groups, excluding NO2 is 1. The van der Waals surface area contributed by atoms with Crippen LogP contribution in [0.25, 0.3) is 0 Å². The van der Waals surface area contributed by atoms with Crippen LogP contribution in [0.15, 0.2) is 9.79 Å². The Balaban J connectivity index is 2.89. The second kappa shape index (κ2) is 7.18. The van der Waals surface area contributed by atoms with E-state index < -0.39 is 91.6 Å². The summed E-state index contributed by atoms with van der Waals surface area (Å²) in [5.74, 6) is -30.7. The molecule has 0 aliphatic rings. The average molecular weight is 492 g/mol. The van der Waals surface area contributed by atoms with Crippen molar-refractivity contribution in [2.45, 2.75) is 9.79 Å². The zero-order valence-corrected chi connectivity index (χ0v) is 14.7. The Hall–Kier alpha value is -2.76. The van der Waals surface area contributed by atoms with E-state index in [2.05, 4.69) is 0 Å². The molecule has 0 radical (unpaired) electrons. The topological polar surface area (TPSA) is 88.4 Å². The van der Waals surface area contributed by atoms with Crippen LogP contribution in [0.2, 0.25) is 0 Å². The smallest absolute Gasteiger partial charge is 0.202 e. The predicted octanol–water partition coefficient (Wildman–Crippen LogP) is 2.93. The molecule has 0 aliphatic heterocycles. The maximum absolute atomic E-state index is 13.6. The van der Waals surface area contributed by atoms with E-state index in [-0.39, 0.29) is 0 Å². The van der Waals surface area contributed by atoms with Gasteiger partial charge in [-0.25, -0.2) is 43.9 Å². The highest BCUT2D eigenvalue weighted by atomic mass is 32.3. The maximum Gasteiger partial charge on any atom is 0.462 e. The summed E-state index contributed by atoms with van der Waals surface area (Å²) in [6.07, 6.45) is 0. The van der Waals surface area contributed by atoms with Crippen molar-refractivity contribution in [3.8, 4) is 0 Å². The van der Waals surface area contributed by atoms with Gasteiger partial charge in [0.05, 0.1) is 4.91 Å². The molecule has 0 fully saturated rings. The Morgan fingerprint density at radius 2 is 0.567 bits per heavy atom. The van der Waals surface area contributed by atoms with Crippen molar-refractivity contribution in [2.24, 2.45) is 0 Å². The highest BCUT2D eigenvalue weighted by Crippen LogP contribution is 2.32. The van der Waals surface area contributed by atoms with E-state index in [0.29, 0.717) is 0 Å². The Morgan fingerprint density at radius 1 is 0.400 bits per heavy atom.